The summed E-state index contributed by atoms with van der Waals surface area (Å²) in [5, 5.41) is 8.97. The van der Waals surface area contributed by atoms with Crippen molar-refractivity contribution in [3.63, 3.8) is 0 Å². The van der Waals surface area contributed by atoms with Gasteiger partial charge in [-0.1, -0.05) is 42.6 Å². The minimum Gasteiger partial charge on any atom is -0.367 e. The number of hydrogen-bond donors (Lipinski definition) is 1. The van der Waals surface area contributed by atoms with E-state index in [0.717, 1.165) is 46.1 Å². The van der Waals surface area contributed by atoms with Crippen LogP contribution in [0.4, 0.5) is 5.82 Å². The van der Waals surface area contributed by atoms with Crippen molar-refractivity contribution in [2.24, 2.45) is 0 Å². The van der Waals surface area contributed by atoms with E-state index >= 15 is 0 Å². The topological polar surface area (TPSA) is 45.5 Å². The third-order valence-electron chi connectivity index (χ3n) is 6.30. The quantitative estimate of drug-likeness (QED) is 0.532. The van der Waals surface area contributed by atoms with Gasteiger partial charge >= 0.3 is 0 Å². The second-order valence-corrected chi connectivity index (χ2v) is 9.39. The van der Waals surface area contributed by atoms with E-state index < -0.39 is 0 Å². The fourth-order valence-corrected chi connectivity index (χ4v) is 5.31. The zero-order chi connectivity index (χ0) is 19.8. The highest BCUT2D eigenvalue weighted by molar-refractivity contribution is 9.10. The molecule has 5 nitrogen and oxygen atoms in total. The molecule has 2 aliphatic rings. The van der Waals surface area contributed by atoms with Crippen LogP contribution in [0, 0.1) is 0 Å². The molecule has 5 rings (SSSR count). The molecule has 152 valence electrons. The van der Waals surface area contributed by atoms with Gasteiger partial charge in [-0.25, -0.2) is 4.98 Å². The van der Waals surface area contributed by atoms with Crippen LogP contribution in [-0.2, 0) is 0 Å². The van der Waals surface area contributed by atoms with Gasteiger partial charge in [-0.2, -0.15) is 9.61 Å². The van der Waals surface area contributed by atoms with Crippen LogP contribution in [0.25, 0.3) is 16.9 Å². The SMILES string of the molecule is Clc1ccccc1-c1cc(NC2CCN(C3CCCC3)CC2)n2ncc(Br)c2n1. The van der Waals surface area contributed by atoms with Crippen molar-refractivity contribution in [2.75, 3.05) is 18.4 Å². The lowest BCUT2D eigenvalue weighted by Crippen LogP contribution is -2.43. The average Bonchev–Trinajstić information content (AvgIpc) is 3.40. The molecular formula is C22H25BrClN5. The number of anilines is 1. The molecule has 1 aromatic carbocycles. The number of likely N-dealkylation sites (tertiary alicyclic amines) is 1. The molecule has 0 unspecified atom stereocenters. The number of fused-ring (bicyclic) bond motifs is 1. The van der Waals surface area contributed by atoms with Crippen molar-refractivity contribution in [3.8, 4) is 11.3 Å². The Balaban J connectivity index is 1.40. The van der Waals surface area contributed by atoms with Crippen LogP contribution in [0.3, 0.4) is 0 Å². The molecule has 29 heavy (non-hydrogen) atoms. The van der Waals surface area contributed by atoms with Crippen molar-refractivity contribution in [1.82, 2.24) is 19.5 Å². The highest BCUT2D eigenvalue weighted by Crippen LogP contribution is 2.31. The number of nitrogens with one attached hydrogen (secondary N) is 1. The predicted molar refractivity (Wildman–Crippen MR) is 122 cm³/mol. The summed E-state index contributed by atoms with van der Waals surface area (Å²) in [6, 6.07) is 11.2. The second-order valence-electron chi connectivity index (χ2n) is 8.13. The molecule has 1 saturated carbocycles. The summed E-state index contributed by atoms with van der Waals surface area (Å²) in [7, 11) is 0. The maximum atomic E-state index is 6.45. The van der Waals surface area contributed by atoms with Crippen molar-refractivity contribution in [1.29, 1.82) is 0 Å². The maximum Gasteiger partial charge on any atom is 0.172 e. The lowest BCUT2D eigenvalue weighted by molar-refractivity contribution is 0.159. The third-order valence-corrected chi connectivity index (χ3v) is 7.19. The molecule has 2 fully saturated rings. The van der Waals surface area contributed by atoms with E-state index in [1.165, 1.54) is 38.8 Å². The molecule has 1 N–H and O–H groups in total. The number of rotatable bonds is 4. The van der Waals surface area contributed by atoms with Crippen molar-refractivity contribution >= 4 is 39.0 Å². The summed E-state index contributed by atoms with van der Waals surface area (Å²) in [5.41, 5.74) is 2.59. The standard InChI is InChI=1S/C22H25BrClN5/c23-18-14-25-29-21(13-20(27-22(18)29)17-7-3-4-8-19(17)24)26-15-9-11-28(12-10-15)16-5-1-2-6-16/h3-4,7-8,13-16,26H,1-2,5-6,9-12H2. The number of hydrogen-bond acceptors (Lipinski definition) is 4. The fourth-order valence-electron chi connectivity index (χ4n) is 4.73. The molecular weight excluding hydrogens is 450 g/mol. The predicted octanol–water partition coefficient (Wildman–Crippen LogP) is 5.63. The Bertz CT molecular complexity index is 1010. The van der Waals surface area contributed by atoms with E-state index in [2.05, 4.69) is 37.3 Å². The van der Waals surface area contributed by atoms with Gasteiger partial charge in [-0.05, 0) is 47.7 Å². The summed E-state index contributed by atoms with van der Waals surface area (Å²) in [6.07, 6.45) is 9.67. The first kappa shape index (κ1) is 19.3. The molecule has 1 aliphatic heterocycles. The first-order valence-electron chi connectivity index (χ1n) is 10.5. The van der Waals surface area contributed by atoms with E-state index in [9.17, 15) is 0 Å². The van der Waals surface area contributed by atoms with E-state index in [4.69, 9.17) is 16.6 Å². The number of benzene rings is 1. The van der Waals surface area contributed by atoms with Crippen LogP contribution in [0.15, 0.2) is 41.0 Å². The van der Waals surface area contributed by atoms with Gasteiger partial charge in [0.1, 0.15) is 5.82 Å². The monoisotopic (exact) mass is 473 g/mol. The van der Waals surface area contributed by atoms with Crippen molar-refractivity contribution in [2.45, 2.75) is 50.6 Å². The number of halogens is 2. The normalized spacial score (nSPS) is 19.2. The summed E-state index contributed by atoms with van der Waals surface area (Å²) >= 11 is 10.0. The van der Waals surface area contributed by atoms with Crippen LogP contribution in [0.2, 0.25) is 5.02 Å². The molecule has 0 bridgehead atoms. The molecule has 3 aromatic rings. The van der Waals surface area contributed by atoms with Gasteiger partial charge in [0.15, 0.2) is 5.65 Å². The van der Waals surface area contributed by atoms with Gasteiger partial charge in [0.2, 0.25) is 0 Å². The number of piperidine rings is 1. The van der Waals surface area contributed by atoms with Crippen LogP contribution in [0.5, 0.6) is 0 Å². The van der Waals surface area contributed by atoms with E-state index in [-0.39, 0.29) is 0 Å². The van der Waals surface area contributed by atoms with Crippen molar-refractivity contribution in [3.05, 3.63) is 46.0 Å². The largest absolute Gasteiger partial charge is 0.367 e. The zero-order valence-corrected chi connectivity index (χ0v) is 18.7. The molecule has 2 aromatic heterocycles. The average molecular weight is 475 g/mol. The van der Waals surface area contributed by atoms with Gasteiger partial charge in [-0.3, -0.25) is 0 Å². The smallest absolute Gasteiger partial charge is 0.172 e. The van der Waals surface area contributed by atoms with Crippen molar-refractivity contribution < 1.29 is 0 Å². The summed E-state index contributed by atoms with van der Waals surface area (Å²) in [6.45, 7) is 2.35. The minimum absolute atomic E-state index is 0.445. The van der Waals surface area contributed by atoms with Crippen LogP contribution >= 0.6 is 27.5 Å². The number of nitrogens with zero attached hydrogens (tertiary/aromatic N) is 4. The van der Waals surface area contributed by atoms with Gasteiger partial charge in [0.05, 0.1) is 16.4 Å². The Hall–Kier alpha value is -1.63. The Morgan fingerprint density at radius 2 is 1.83 bits per heavy atom. The molecule has 3 heterocycles. The Morgan fingerprint density at radius 3 is 2.59 bits per heavy atom. The maximum absolute atomic E-state index is 6.45. The Morgan fingerprint density at radius 1 is 1.07 bits per heavy atom. The van der Waals surface area contributed by atoms with E-state index in [0.29, 0.717) is 11.1 Å². The summed E-state index contributed by atoms with van der Waals surface area (Å²) in [4.78, 5) is 7.51. The molecule has 1 saturated heterocycles. The highest BCUT2D eigenvalue weighted by atomic mass is 79.9. The lowest BCUT2D eigenvalue weighted by Gasteiger charge is -2.36. The minimum atomic E-state index is 0.445. The first-order valence-corrected chi connectivity index (χ1v) is 11.7. The highest BCUT2D eigenvalue weighted by Gasteiger charge is 2.27. The fraction of sp³-hybridized carbons (Fsp3) is 0.455. The molecule has 1 aliphatic carbocycles. The summed E-state index contributed by atoms with van der Waals surface area (Å²) < 4.78 is 2.76. The Labute approximate surface area is 184 Å². The molecule has 7 heteroatoms. The number of aromatic nitrogens is 3. The van der Waals surface area contributed by atoms with Gasteiger partial charge in [0.25, 0.3) is 0 Å². The summed E-state index contributed by atoms with van der Waals surface area (Å²) in [5.74, 6) is 0.968. The van der Waals surface area contributed by atoms with E-state index in [1.807, 2.05) is 28.8 Å². The zero-order valence-electron chi connectivity index (χ0n) is 16.3. The molecule has 0 amide bonds. The first-order chi connectivity index (χ1) is 14.2. The second kappa shape index (κ2) is 8.25. The molecule has 0 radical (unpaired) electrons. The molecule has 0 spiro atoms. The van der Waals surface area contributed by atoms with Gasteiger partial charge in [-0.15, -0.1) is 0 Å². The van der Waals surface area contributed by atoms with E-state index in [1.54, 1.807) is 6.20 Å². The Kier molecular flexibility index (Phi) is 5.50. The molecule has 0 atom stereocenters. The lowest BCUT2D eigenvalue weighted by atomic mass is 10.0. The van der Waals surface area contributed by atoms with Crippen LogP contribution in [-0.4, -0.2) is 44.7 Å². The van der Waals surface area contributed by atoms with Gasteiger partial charge in [0, 0.05) is 41.8 Å². The van der Waals surface area contributed by atoms with Crippen LogP contribution in [0.1, 0.15) is 38.5 Å². The van der Waals surface area contributed by atoms with Gasteiger partial charge < -0.3 is 10.2 Å². The third kappa shape index (κ3) is 3.90. The van der Waals surface area contributed by atoms with Crippen LogP contribution < -0.4 is 5.32 Å².